The van der Waals surface area contributed by atoms with Crippen molar-refractivity contribution in [2.45, 2.75) is 4.90 Å². The van der Waals surface area contributed by atoms with Crippen LogP contribution in [0.5, 0.6) is 0 Å². The van der Waals surface area contributed by atoms with Crippen molar-refractivity contribution in [1.29, 1.82) is 0 Å². The molecular weight excluding hydrogens is 292 g/mol. The SMILES string of the molecule is CNc1ncc(S(=O)(=O)N2CCS(=O)(=O)CC2)cn1. The lowest BCUT2D eigenvalue weighted by Gasteiger charge is -2.25. The third-order valence-corrected chi connectivity index (χ3v) is 6.25. The molecule has 1 aliphatic rings. The van der Waals surface area contributed by atoms with Crippen molar-refractivity contribution >= 4 is 25.8 Å². The van der Waals surface area contributed by atoms with Gasteiger partial charge in [-0.1, -0.05) is 0 Å². The molecule has 0 radical (unpaired) electrons. The molecule has 1 aromatic heterocycles. The minimum Gasteiger partial charge on any atom is -0.357 e. The molecule has 1 saturated heterocycles. The van der Waals surface area contributed by atoms with Gasteiger partial charge in [-0.2, -0.15) is 4.31 Å². The Hall–Kier alpha value is -1.26. The quantitative estimate of drug-likeness (QED) is 0.757. The highest BCUT2D eigenvalue weighted by Gasteiger charge is 2.31. The molecule has 0 spiro atoms. The van der Waals surface area contributed by atoms with Gasteiger partial charge in [0, 0.05) is 20.1 Å². The van der Waals surface area contributed by atoms with Crippen LogP contribution in [-0.4, -0.2) is 62.8 Å². The fourth-order valence-corrected chi connectivity index (χ4v) is 4.43. The first kappa shape index (κ1) is 14.2. The van der Waals surface area contributed by atoms with E-state index in [4.69, 9.17) is 0 Å². The van der Waals surface area contributed by atoms with Gasteiger partial charge in [0.25, 0.3) is 0 Å². The first-order valence-electron chi connectivity index (χ1n) is 5.55. The Balaban J connectivity index is 2.22. The second kappa shape index (κ2) is 5.02. The van der Waals surface area contributed by atoms with Crippen LogP contribution in [0, 0.1) is 0 Å². The molecule has 106 valence electrons. The number of aromatic nitrogens is 2. The summed E-state index contributed by atoms with van der Waals surface area (Å²) >= 11 is 0. The maximum atomic E-state index is 12.2. The molecule has 19 heavy (non-hydrogen) atoms. The normalized spacial score (nSPS) is 20.1. The molecule has 0 bridgehead atoms. The van der Waals surface area contributed by atoms with Gasteiger partial charge in [0.05, 0.1) is 23.9 Å². The molecule has 2 heterocycles. The third kappa shape index (κ3) is 3.01. The third-order valence-electron chi connectivity index (χ3n) is 2.79. The van der Waals surface area contributed by atoms with E-state index in [-0.39, 0.29) is 29.5 Å². The fourth-order valence-electron chi connectivity index (χ4n) is 1.66. The van der Waals surface area contributed by atoms with E-state index in [1.54, 1.807) is 7.05 Å². The van der Waals surface area contributed by atoms with Crippen LogP contribution in [0.2, 0.25) is 0 Å². The summed E-state index contributed by atoms with van der Waals surface area (Å²) in [6.07, 6.45) is 2.41. The van der Waals surface area contributed by atoms with Gasteiger partial charge in [0.15, 0.2) is 9.84 Å². The minimum atomic E-state index is -3.72. The zero-order valence-electron chi connectivity index (χ0n) is 10.3. The second-order valence-corrected chi connectivity index (χ2v) is 8.29. The van der Waals surface area contributed by atoms with Crippen LogP contribution in [0.4, 0.5) is 5.95 Å². The van der Waals surface area contributed by atoms with E-state index >= 15 is 0 Å². The van der Waals surface area contributed by atoms with Gasteiger partial charge >= 0.3 is 0 Å². The number of rotatable bonds is 3. The van der Waals surface area contributed by atoms with Gasteiger partial charge in [-0.15, -0.1) is 0 Å². The van der Waals surface area contributed by atoms with Crippen LogP contribution in [0.25, 0.3) is 0 Å². The van der Waals surface area contributed by atoms with Gasteiger partial charge < -0.3 is 5.32 Å². The monoisotopic (exact) mass is 306 g/mol. The van der Waals surface area contributed by atoms with E-state index < -0.39 is 19.9 Å². The van der Waals surface area contributed by atoms with Gasteiger partial charge in [-0.05, 0) is 0 Å². The van der Waals surface area contributed by atoms with Gasteiger partial charge in [0.2, 0.25) is 16.0 Å². The lowest BCUT2D eigenvalue weighted by molar-refractivity contribution is 0.430. The van der Waals surface area contributed by atoms with Crippen LogP contribution in [0.1, 0.15) is 0 Å². The summed E-state index contributed by atoms with van der Waals surface area (Å²) in [5.41, 5.74) is 0. The van der Waals surface area contributed by atoms with Crippen molar-refractivity contribution in [3.63, 3.8) is 0 Å². The number of sulfonamides is 1. The van der Waals surface area contributed by atoms with Crippen molar-refractivity contribution < 1.29 is 16.8 Å². The number of hydrogen-bond acceptors (Lipinski definition) is 7. The zero-order valence-corrected chi connectivity index (χ0v) is 11.9. The maximum Gasteiger partial charge on any atom is 0.246 e. The van der Waals surface area contributed by atoms with Gasteiger partial charge in [-0.25, -0.2) is 26.8 Å². The molecule has 0 saturated carbocycles. The van der Waals surface area contributed by atoms with Gasteiger partial charge in [0.1, 0.15) is 4.90 Å². The van der Waals surface area contributed by atoms with Crippen molar-refractivity contribution in [2.24, 2.45) is 0 Å². The van der Waals surface area contributed by atoms with Crippen LogP contribution in [0.3, 0.4) is 0 Å². The van der Waals surface area contributed by atoms with Crippen LogP contribution in [-0.2, 0) is 19.9 Å². The van der Waals surface area contributed by atoms with E-state index in [1.165, 1.54) is 12.4 Å². The highest BCUT2D eigenvalue weighted by molar-refractivity contribution is 7.92. The molecule has 1 N–H and O–H groups in total. The van der Waals surface area contributed by atoms with E-state index in [1.807, 2.05) is 0 Å². The number of sulfone groups is 1. The largest absolute Gasteiger partial charge is 0.357 e. The average molecular weight is 306 g/mol. The molecule has 1 aromatic rings. The van der Waals surface area contributed by atoms with Gasteiger partial charge in [-0.3, -0.25) is 0 Å². The molecule has 8 nitrogen and oxygen atoms in total. The smallest absolute Gasteiger partial charge is 0.246 e. The molecule has 0 aromatic carbocycles. The summed E-state index contributed by atoms with van der Waals surface area (Å²) < 4.78 is 48.2. The summed E-state index contributed by atoms with van der Waals surface area (Å²) in [5.74, 6) is 0.0174. The first-order chi connectivity index (χ1) is 8.85. The Morgan fingerprint density at radius 2 is 1.74 bits per heavy atom. The highest BCUT2D eigenvalue weighted by atomic mass is 32.2. The van der Waals surface area contributed by atoms with Crippen molar-refractivity contribution in [3.05, 3.63) is 12.4 Å². The lowest BCUT2D eigenvalue weighted by atomic mass is 10.6. The predicted octanol–water partition coefficient (Wildman–Crippen LogP) is -1.06. The van der Waals surface area contributed by atoms with Crippen LogP contribution in [0.15, 0.2) is 17.3 Å². The molecule has 0 amide bonds. The molecule has 0 atom stereocenters. The Morgan fingerprint density at radius 1 is 1.21 bits per heavy atom. The van der Waals surface area contributed by atoms with Crippen molar-refractivity contribution in [3.8, 4) is 0 Å². The van der Waals surface area contributed by atoms with E-state index in [0.717, 1.165) is 4.31 Å². The average Bonchev–Trinajstić information content (AvgIpc) is 2.38. The highest BCUT2D eigenvalue weighted by Crippen LogP contribution is 2.17. The van der Waals surface area contributed by atoms with Crippen molar-refractivity contribution in [2.75, 3.05) is 37.0 Å². The van der Waals surface area contributed by atoms with E-state index in [9.17, 15) is 16.8 Å². The van der Waals surface area contributed by atoms with Crippen molar-refractivity contribution in [1.82, 2.24) is 14.3 Å². The van der Waals surface area contributed by atoms with Crippen LogP contribution >= 0.6 is 0 Å². The Labute approximate surface area is 111 Å². The Bertz CT molecular complexity index is 640. The number of hydrogen-bond donors (Lipinski definition) is 1. The second-order valence-electron chi connectivity index (χ2n) is 4.05. The summed E-state index contributed by atoms with van der Waals surface area (Å²) in [6, 6.07) is 0. The molecule has 2 rings (SSSR count). The standard InChI is InChI=1S/C9H14N4O4S2/c1-10-9-11-6-8(7-12-9)19(16,17)13-2-4-18(14,15)5-3-13/h6-7H,2-5H2,1H3,(H,10,11,12). The molecular formula is C9H14N4O4S2. The summed E-state index contributed by atoms with van der Waals surface area (Å²) in [6.45, 7) is -0.0586. The number of nitrogens with zero attached hydrogens (tertiary/aromatic N) is 3. The van der Waals surface area contributed by atoms with Crippen LogP contribution < -0.4 is 5.32 Å². The lowest BCUT2D eigenvalue weighted by Crippen LogP contribution is -2.43. The maximum absolute atomic E-state index is 12.2. The molecule has 0 aliphatic carbocycles. The minimum absolute atomic E-state index is 0.0293. The molecule has 0 unspecified atom stereocenters. The summed E-state index contributed by atoms with van der Waals surface area (Å²) in [7, 11) is -5.21. The summed E-state index contributed by atoms with van der Waals surface area (Å²) in [5, 5.41) is 2.69. The summed E-state index contributed by atoms with van der Waals surface area (Å²) in [4.78, 5) is 7.64. The Morgan fingerprint density at radius 3 is 2.21 bits per heavy atom. The zero-order chi connectivity index (χ0) is 14.1. The molecule has 1 aliphatic heterocycles. The Kier molecular flexibility index (Phi) is 3.74. The number of nitrogens with one attached hydrogen (secondary N) is 1. The number of anilines is 1. The first-order valence-corrected chi connectivity index (χ1v) is 8.82. The fraction of sp³-hybridized carbons (Fsp3) is 0.556. The predicted molar refractivity (Wildman–Crippen MR) is 69.0 cm³/mol. The molecule has 1 fully saturated rings. The van der Waals surface area contributed by atoms with E-state index in [2.05, 4.69) is 15.3 Å². The topological polar surface area (TPSA) is 109 Å². The van der Waals surface area contributed by atoms with E-state index in [0.29, 0.717) is 5.95 Å². The molecule has 10 heteroatoms.